The first-order chi connectivity index (χ1) is 9.60. The van der Waals surface area contributed by atoms with Crippen LogP contribution in [-0.2, 0) is 0 Å². The minimum absolute atomic E-state index is 0.123. The van der Waals surface area contributed by atoms with Gasteiger partial charge < -0.3 is 19.5 Å². The number of ether oxygens (including phenoxy) is 3. The molecule has 1 aromatic carbocycles. The maximum absolute atomic E-state index is 6.08. The summed E-state index contributed by atoms with van der Waals surface area (Å²) in [7, 11) is 3.28. The SMILES string of the molecule is CCCNCC(Oc1cc(OC)cc(OC)c1)C(C)C. The molecule has 0 spiro atoms. The van der Waals surface area contributed by atoms with Crippen molar-refractivity contribution in [3.05, 3.63) is 18.2 Å². The van der Waals surface area contributed by atoms with Crippen molar-refractivity contribution in [1.82, 2.24) is 5.32 Å². The normalized spacial score (nSPS) is 12.3. The summed E-state index contributed by atoms with van der Waals surface area (Å²) >= 11 is 0. The summed E-state index contributed by atoms with van der Waals surface area (Å²) in [6.07, 6.45) is 1.25. The van der Waals surface area contributed by atoms with Gasteiger partial charge in [-0.05, 0) is 18.9 Å². The molecule has 1 N–H and O–H groups in total. The summed E-state index contributed by atoms with van der Waals surface area (Å²) in [4.78, 5) is 0. The summed E-state index contributed by atoms with van der Waals surface area (Å²) in [6, 6.07) is 5.61. The number of methoxy groups -OCH3 is 2. The van der Waals surface area contributed by atoms with Gasteiger partial charge in [-0.25, -0.2) is 0 Å². The maximum atomic E-state index is 6.08. The van der Waals surface area contributed by atoms with E-state index < -0.39 is 0 Å². The third-order valence-electron chi connectivity index (χ3n) is 3.13. The molecule has 0 aliphatic carbocycles. The molecule has 4 heteroatoms. The van der Waals surface area contributed by atoms with Gasteiger partial charge in [-0.3, -0.25) is 0 Å². The van der Waals surface area contributed by atoms with E-state index in [0.29, 0.717) is 5.92 Å². The van der Waals surface area contributed by atoms with Gasteiger partial charge >= 0.3 is 0 Å². The van der Waals surface area contributed by atoms with Crippen molar-refractivity contribution in [2.45, 2.75) is 33.3 Å². The molecule has 0 fully saturated rings. The third kappa shape index (κ3) is 5.29. The Morgan fingerprint density at radius 2 is 1.55 bits per heavy atom. The minimum atomic E-state index is 0.123. The van der Waals surface area contributed by atoms with Crippen LogP contribution in [0, 0.1) is 5.92 Å². The number of hydrogen-bond acceptors (Lipinski definition) is 4. The number of rotatable bonds is 9. The first-order valence-electron chi connectivity index (χ1n) is 7.21. The number of hydrogen-bond donors (Lipinski definition) is 1. The molecule has 0 aromatic heterocycles. The Kier molecular flexibility index (Phi) is 7.23. The fourth-order valence-electron chi connectivity index (χ4n) is 1.86. The Morgan fingerprint density at radius 3 is 2.00 bits per heavy atom. The third-order valence-corrected chi connectivity index (χ3v) is 3.13. The van der Waals surface area contributed by atoms with Crippen molar-refractivity contribution in [2.24, 2.45) is 5.92 Å². The highest BCUT2D eigenvalue weighted by Crippen LogP contribution is 2.28. The smallest absolute Gasteiger partial charge is 0.127 e. The second-order valence-electron chi connectivity index (χ2n) is 5.15. The van der Waals surface area contributed by atoms with E-state index in [9.17, 15) is 0 Å². The average Bonchev–Trinajstić information content (AvgIpc) is 2.45. The Balaban J connectivity index is 2.76. The molecule has 0 aliphatic heterocycles. The van der Waals surface area contributed by atoms with Crippen LogP contribution in [0.1, 0.15) is 27.2 Å². The van der Waals surface area contributed by atoms with Crippen LogP contribution in [-0.4, -0.2) is 33.4 Å². The molecule has 0 saturated heterocycles. The Labute approximate surface area is 122 Å². The van der Waals surface area contributed by atoms with E-state index in [1.54, 1.807) is 14.2 Å². The molecule has 1 rings (SSSR count). The molecule has 0 aliphatic rings. The molecule has 0 heterocycles. The molecule has 1 aromatic rings. The highest BCUT2D eigenvalue weighted by molar-refractivity contribution is 5.42. The lowest BCUT2D eigenvalue weighted by atomic mass is 10.1. The van der Waals surface area contributed by atoms with Gasteiger partial charge in [0.05, 0.1) is 14.2 Å². The first kappa shape index (κ1) is 16.6. The number of benzene rings is 1. The van der Waals surface area contributed by atoms with Gasteiger partial charge in [0.25, 0.3) is 0 Å². The molecule has 114 valence electrons. The molecule has 0 amide bonds. The summed E-state index contributed by atoms with van der Waals surface area (Å²) in [6.45, 7) is 8.33. The van der Waals surface area contributed by atoms with Gasteiger partial charge in [0.2, 0.25) is 0 Å². The van der Waals surface area contributed by atoms with Crippen LogP contribution >= 0.6 is 0 Å². The highest BCUT2D eigenvalue weighted by atomic mass is 16.5. The molecule has 20 heavy (non-hydrogen) atoms. The second-order valence-corrected chi connectivity index (χ2v) is 5.15. The standard InChI is InChI=1S/C16H27NO3/c1-6-7-17-11-16(12(2)3)20-15-9-13(18-4)8-14(10-15)19-5/h8-10,12,16-17H,6-7,11H2,1-5H3. The van der Waals surface area contributed by atoms with E-state index in [1.165, 1.54) is 0 Å². The van der Waals surface area contributed by atoms with E-state index in [0.717, 1.165) is 36.8 Å². The topological polar surface area (TPSA) is 39.7 Å². The zero-order valence-corrected chi connectivity index (χ0v) is 13.2. The summed E-state index contributed by atoms with van der Waals surface area (Å²) in [5, 5.41) is 3.41. The van der Waals surface area contributed by atoms with Gasteiger partial charge in [0, 0.05) is 24.7 Å². The first-order valence-corrected chi connectivity index (χ1v) is 7.21. The predicted octanol–water partition coefficient (Wildman–Crippen LogP) is 3.11. The van der Waals surface area contributed by atoms with Gasteiger partial charge in [-0.1, -0.05) is 20.8 Å². The largest absolute Gasteiger partial charge is 0.496 e. The lowest BCUT2D eigenvalue weighted by Gasteiger charge is -2.23. The van der Waals surface area contributed by atoms with Crippen LogP contribution in [0.4, 0.5) is 0 Å². The lowest BCUT2D eigenvalue weighted by molar-refractivity contribution is 0.148. The summed E-state index contributed by atoms with van der Waals surface area (Å²) in [5.41, 5.74) is 0. The Morgan fingerprint density at radius 1 is 1.00 bits per heavy atom. The second kappa shape index (κ2) is 8.69. The molecule has 0 bridgehead atoms. The van der Waals surface area contributed by atoms with Crippen LogP contribution < -0.4 is 19.5 Å². The fraction of sp³-hybridized carbons (Fsp3) is 0.625. The summed E-state index contributed by atoms with van der Waals surface area (Å²) in [5.74, 6) is 2.68. The van der Waals surface area contributed by atoms with E-state index in [-0.39, 0.29) is 6.10 Å². The van der Waals surface area contributed by atoms with Gasteiger partial charge in [-0.2, -0.15) is 0 Å². The predicted molar refractivity (Wildman–Crippen MR) is 82.0 cm³/mol. The highest BCUT2D eigenvalue weighted by Gasteiger charge is 2.15. The van der Waals surface area contributed by atoms with Crippen molar-refractivity contribution < 1.29 is 14.2 Å². The quantitative estimate of drug-likeness (QED) is 0.706. The van der Waals surface area contributed by atoms with E-state index in [4.69, 9.17) is 14.2 Å². The fourth-order valence-corrected chi connectivity index (χ4v) is 1.86. The van der Waals surface area contributed by atoms with Gasteiger partial charge in [0.1, 0.15) is 23.4 Å². The molecule has 0 radical (unpaired) electrons. The molecular formula is C16H27NO3. The Hall–Kier alpha value is -1.42. The molecule has 1 atom stereocenters. The van der Waals surface area contributed by atoms with E-state index >= 15 is 0 Å². The summed E-state index contributed by atoms with van der Waals surface area (Å²) < 4.78 is 16.6. The van der Waals surface area contributed by atoms with E-state index in [2.05, 4.69) is 26.1 Å². The van der Waals surface area contributed by atoms with Crippen LogP contribution in [0.5, 0.6) is 17.2 Å². The minimum Gasteiger partial charge on any atom is -0.496 e. The van der Waals surface area contributed by atoms with Crippen molar-refractivity contribution >= 4 is 0 Å². The van der Waals surface area contributed by atoms with Gasteiger partial charge in [0.15, 0.2) is 0 Å². The lowest BCUT2D eigenvalue weighted by Crippen LogP contribution is -2.35. The van der Waals surface area contributed by atoms with Crippen molar-refractivity contribution in [3.8, 4) is 17.2 Å². The molecule has 4 nitrogen and oxygen atoms in total. The van der Waals surface area contributed by atoms with E-state index in [1.807, 2.05) is 18.2 Å². The van der Waals surface area contributed by atoms with Crippen molar-refractivity contribution in [3.63, 3.8) is 0 Å². The van der Waals surface area contributed by atoms with Crippen LogP contribution in [0.15, 0.2) is 18.2 Å². The van der Waals surface area contributed by atoms with Crippen LogP contribution in [0.3, 0.4) is 0 Å². The monoisotopic (exact) mass is 281 g/mol. The zero-order valence-electron chi connectivity index (χ0n) is 13.2. The van der Waals surface area contributed by atoms with Gasteiger partial charge in [-0.15, -0.1) is 0 Å². The maximum Gasteiger partial charge on any atom is 0.127 e. The molecule has 0 saturated carbocycles. The van der Waals surface area contributed by atoms with Crippen molar-refractivity contribution in [2.75, 3.05) is 27.3 Å². The van der Waals surface area contributed by atoms with Crippen LogP contribution in [0.2, 0.25) is 0 Å². The molecular weight excluding hydrogens is 254 g/mol. The molecule has 1 unspecified atom stereocenters. The zero-order chi connectivity index (χ0) is 15.0. The van der Waals surface area contributed by atoms with Crippen LogP contribution in [0.25, 0.3) is 0 Å². The number of nitrogens with one attached hydrogen (secondary N) is 1. The van der Waals surface area contributed by atoms with Crippen molar-refractivity contribution in [1.29, 1.82) is 0 Å². The Bertz CT molecular complexity index is 371. The average molecular weight is 281 g/mol.